The fourth-order valence-electron chi connectivity index (χ4n) is 2.44. The fourth-order valence-corrected chi connectivity index (χ4v) is 3.01. The van der Waals surface area contributed by atoms with Crippen LogP contribution >= 0.6 is 22.6 Å². The van der Waals surface area contributed by atoms with Gasteiger partial charge in [0.2, 0.25) is 0 Å². The van der Waals surface area contributed by atoms with E-state index in [0.717, 1.165) is 17.3 Å². The van der Waals surface area contributed by atoms with Crippen LogP contribution in [0.4, 0.5) is 0 Å². The van der Waals surface area contributed by atoms with Crippen molar-refractivity contribution >= 4 is 22.6 Å². The highest BCUT2D eigenvalue weighted by Gasteiger charge is 2.29. The number of alkyl halides is 1. The zero-order valence-electron chi connectivity index (χ0n) is 9.68. The van der Waals surface area contributed by atoms with Crippen molar-refractivity contribution in [3.8, 4) is 6.07 Å². The molecule has 0 N–H and O–H groups in total. The lowest BCUT2D eigenvalue weighted by Gasteiger charge is -2.34. The van der Waals surface area contributed by atoms with Crippen LogP contribution in [0.25, 0.3) is 0 Å². The van der Waals surface area contributed by atoms with Gasteiger partial charge in [-0.15, -0.1) is 0 Å². The van der Waals surface area contributed by atoms with Gasteiger partial charge in [0.05, 0.1) is 24.7 Å². The quantitative estimate of drug-likeness (QED) is 0.621. The number of nitriles is 1. The van der Waals surface area contributed by atoms with Gasteiger partial charge < -0.3 is 4.74 Å². The van der Waals surface area contributed by atoms with E-state index in [-0.39, 0.29) is 6.10 Å². The first-order valence-electron chi connectivity index (χ1n) is 5.96. The number of hydrogen-bond acceptors (Lipinski definition) is 2. The van der Waals surface area contributed by atoms with Crippen LogP contribution < -0.4 is 0 Å². The highest BCUT2D eigenvalue weighted by atomic mass is 127. The first-order valence-corrected chi connectivity index (χ1v) is 7.49. The summed E-state index contributed by atoms with van der Waals surface area (Å²) in [5, 5.41) is 8.80. The monoisotopic (exact) mass is 341 g/mol. The SMILES string of the molecule is N#CC[C@H]1C[C@H](c2ccccc2)C[C@@H](CI)O1. The highest BCUT2D eigenvalue weighted by Crippen LogP contribution is 2.34. The molecule has 2 rings (SSSR count). The largest absolute Gasteiger partial charge is 0.373 e. The molecule has 1 fully saturated rings. The maximum absolute atomic E-state index is 8.80. The van der Waals surface area contributed by atoms with Crippen molar-refractivity contribution in [2.45, 2.75) is 37.4 Å². The van der Waals surface area contributed by atoms with Gasteiger partial charge in [-0.25, -0.2) is 0 Å². The Balaban J connectivity index is 2.09. The van der Waals surface area contributed by atoms with E-state index in [4.69, 9.17) is 10.00 Å². The van der Waals surface area contributed by atoms with E-state index in [2.05, 4.69) is 52.9 Å². The van der Waals surface area contributed by atoms with Gasteiger partial charge in [0.25, 0.3) is 0 Å². The summed E-state index contributed by atoms with van der Waals surface area (Å²) in [6.45, 7) is 0. The second-order valence-corrected chi connectivity index (χ2v) is 5.36. The molecule has 0 spiro atoms. The topological polar surface area (TPSA) is 33.0 Å². The molecule has 1 aromatic rings. The molecular weight excluding hydrogens is 325 g/mol. The van der Waals surface area contributed by atoms with Crippen LogP contribution in [0.3, 0.4) is 0 Å². The molecule has 1 aliphatic rings. The smallest absolute Gasteiger partial charge is 0.0714 e. The van der Waals surface area contributed by atoms with Crippen LogP contribution in [0.2, 0.25) is 0 Å². The van der Waals surface area contributed by atoms with Crippen molar-refractivity contribution in [1.29, 1.82) is 5.26 Å². The normalized spacial score (nSPS) is 28.6. The third-order valence-electron chi connectivity index (χ3n) is 3.24. The molecule has 17 heavy (non-hydrogen) atoms. The molecule has 0 aromatic heterocycles. The maximum Gasteiger partial charge on any atom is 0.0714 e. The van der Waals surface area contributed by atoms with Gasteiger partial charge >= 0.3 is 0 Å². The van der Waals surface area contributed by atoms with E-state index in [1.54, 1.807) is 0 Å². The Labute approximate surface area is 116 Å². The molecule has 2 nitrogen and oxygen atoms in total. The molecular formula is C14H16INO. The molecule has 0 unspecified atom stereocenters. The molecule has 1 saturated heterocycles. The number of nitrogens with zero attached hydrogens (tertiary/aromatic N) is 1. The number of ether oxygens (including phenoxy) is 1. The molecule has 0 aliphatic carbocycles. The Morgan fingerprint density at radius 1 is 1.24 bits per heavy atom. The van der Waals surface area contributed by atoms with Gasteiger partial charge in [-0.3, -0.25) is 0 Å². The van der Waals surface area contributed by atoms with Crippen molar-refractivity contribution in [3.63, 3.8) is 0 Å². The molecule has 0 radical (unpaired) electrons. The summed E-state index contributed by atoms with van der Waals surface area (Å²) in [4.78, 5) is 0. The summed E-state index contributed by atoms with van der Waals surface area (Å²) in [6.07, 6.45) is 2.97. The van der Waals surface area contributed by atoms with Gasteiger partial charge in [0.15, 0.2) is 0 Å². The lowest BCUT2D eigenvalue weighted by atomic mass is 9.85. The predicted octanol–water partition coefficient (Wildman–Crippen LogP) is 3.67. The first-order chi connectivity index (χ1) is 8.33. The average molecular weight is 341 g/mol. The van der Waals surface area contributed by atoms with Crippen molar-refractivity contribution in [2.24, 2.45) is 0 Å². The lowest BCUT2D eigenvalue weighted by molar-refractivity contribution is -0.0413. The second kappa shape index (κ2) is 6.36. The fraction of sp³-hybridized carbons (Fsp3) is 0.500. The summed E-state index contributed by atoms with van der Waals surface area (Å²) in [7, 11) is 0. The average Bonchev–Trinajstić information content (AvgIpc) is 2.40. The Hall–Kier alpha value is -0.600. The van der Waals surface area contributed by atoms with Crippen LogP contribution in [0.1, 0.15) is 30.7 Å². The van der Waals surface area contributed by atoms with E-state index in [9.17, 15) is 0 Å². The molecule has 90 valence electrons. The number of benzene rings is 1. The van der Waals surface area contributed by atoms with Gasteiger partial charge in [0.1, 0.15) is 0 Å². The van der Waals surface area contributed by atoms with Gasteiger partial charge in [0, 0.05) is 4.43 Å². The molecule has 3 heteroatoms. The zero-order valence-corrected chi connectivity index (χ0v) is 11.8. The van der Waals surface area contributed by atoms with E-state index in [1.165, 1.54) is 5.56 Å². The van der Waals surface area contributed by atoms with Crippen molar-refractivity contribution in [2.75, 3.05) is 4.43 Å². The Morgan fingerprint density at radius 3 is 2.59 bits per heavy atom. The molecule has 1 heterocycles. The molecule has 1 aliphatic heterocycles. The number of hydrogen-bond donors (Lipinski definition) is 0. The Kier molecular flexibility index (Phi) is 4.81. The second-order valence-electron chi connectivity index (χ2n) is 4.48. The number of halogens is 1. The minimum atomic E-state index is 0.110. The van der Waals surface area contributed by atoms with Crippen LogP contribution in [-0.4, -0.2) is 16.6 Å². The molecule has 0 saturated carbocycles. The molecule has 3 atom stereocenters. The van der Waals surface area contributed by atoms with Crippen LogP contribution in [0.15, 0.2) is 30.3 Å². The van der Waals surface area contributed by atoms with E-state index in [0.29, 0.717) is 18.4 Å². The third-order valence-corrected chi connectivity index (χ3v) is 4.22. The highest BCUT2D eigenvalue weighted by molar-refractivity contribution is 14.1. The van der Waals surface area contributed by atoms with E-state index >= 15 is 0 Å². The van der Waals surface area contributed by atoms with Crippen LogP contribution in [-0.2, 0) is 4.74 Å². The number of rotatable bonds is 3. The first kappa shape index (κ1) is 12.8. The van der Waals surface area contributed by atoms with Crippen LogP contribution in [0, 0.1) is 11.3 Å². The van der Waals surface area contributed by atoms with E-state index < -0.39 is 0 Å². The summed E-state index contributed by atoms with van der Waals surface area (Å²) < 4.78 is 6.90. The molecule has 0 bridgehead atoms. The van der Waals surface area contributed by atoms with Gasteiger partial charge in [-0.2, -0.15) is 5.26 Å². The lowest BCUT2D eigenvalue weighted by Crippen LogP contribution is -2.32. The van der Waals surface area contributed by atoms with E-state index in [1.807, 2.05) is 6.07 Å². The standard InChI is InChI=1S/C14H16INO/c15-10-14-9-12(8-13(17-14)6-7-16)11-4-2-1-3-5-11/h1-5,12-14H,6,8-10H2/t12-,13-,14-/m0/s1. The van der Waals surface area contributed by atoms with Crippen molar-refractivity contribution < 1.29 is 4.74 Å². The Bertz CT molecular complexity index is 387. The Morgan fingerprint density at radius 2 is 1.94 bits per heavy atom. The van der Waals surface area contributed by atoms with Gasteiger partial charge in [-0.05, 0) is 24.3 Å². The summed E-state index contributed by atoms with van der Waals surface area (Å²) >= 11 is 2.37. The maximum atomic E-state index is 8.80. The molecule has 1 aromatic carbocycles. The summed E-state index contributed by atoms with van der Waals surface area (Å²) in [6, 6.07) is 12.8. The minimum Gasteiger partial charge on any atom is -0.373 e. The summed E-state index contributed by atoms with van der Waals surface area (Å²) in [5.41, 5.74) is 1.38. The summed E-state index contributed by atoms with van der Waals surface area (Å²) in [5.74, 6) is 0.545. The third kappa shape index (κ3) is 3.43. The van der Waals surface area contributed by atoms with Gasteiger partial charge in [-0.1, -0.05) is 52.9 Å². The van der Waals surface area contributed by atoms with Crippen molar-refractivity contribution in [1.82, 2.24) is 0 Å². The van der Waals surface area contributed by atoms with Crippen molar-refractivity contribution in [3.05, 3.63) is 35.9 Å². The van der Waals surface area contributed by atoms with Crippen LogP contribution in [0.5, 0.6) is 0 Å². The molecule has 0 amide bonds. The zero-order chi connectivity index (χ0) is 12.1. The predicted molar refractivity (Wildman–Crippen MR) is 76.2 cm³/mol. The minimum absolute atomic E-state index is 0.110.